The lowest BCUT2D eigenvalue weighted by Crippen LogP contribution is -2.17. The van der Waals surface area contributed by atoms with Gasteiger partial charge in [0.05, 0.1) is 11.9 Å². The van der Waals surface area contributed by atoms with Gasteiger partial charge in [-0.15, -0.1) is 0 Å². The van der Waals surface area contributed by atoms with Crippen LogP contribution in [0.3, 0.4) is 0 Å². The third kappa shape index (κ3) is 2.90. The first-order valence-corrected chi connectivity index (χ1v) is 7.80. The molecule has 1 aromatic carbocycles. The van der Waals surface area contributed by atoms with E-state index < -0.39 is 0 Å². The summed E-state index contributed by atoms with van der Waals surface area (Å²) < 4.78 is 1.90. The highest BCUT2D eigenvalue weighted by Crippen LogP contribution is 2.42. The number of rotatable bonds is 1. The molecule has 22 heavy (non-hydrogen) atoms. The van der Waals surface area contributed by atoms with Gasteiger partial charge in [0.1, 0.15) is 5.75 Å². The molecule has 1 heterocycles. The van der Waals surface area contributed by atoms with Crippen LogP contribution in [0.2, 0.25) is 0 Å². The Balaban J connectivity index is 2.83. The van der Waals surface area contributed by atoms with Gasteiger partial charge in [0.2, 0.25) is 0 Å². The number of phenols is 1. The van der Waals surface area contributed by atoms with Crippen LogP contribution in [0.5, 0.6) is 5.75 Å². The lowest BCUT2D eigenvalue weighted by molar-refractivity contribution is 0.423. The zero-order valence-electron chi connectivity index (χ0n) is 15.1. The van der Waals surface area contributed by atoms with Crippen molar-refractivity contribution in [3.63, 3.8) is 0 Å². The molecule has 2 rings (SSSR count). The average Bonchev–Trinajstić information content (AvgIpc) is 2.67. The van der Waals surface area contributed by atoms with Crippen LogP contribution in [0.25, 0.3) is 11.3 Å². The second-order valence-electron chi connectivity index (χ2n) is 8.22. The molecule has 0 spiro atoms. The fraction of sp³-hybridized carbons (Fsp3) is 0.526. The van der Waals surface area contributed by atoms with E-state index in [2.05, 4.69) is 65.7 Å². The summed E-state index contributed by atoms with van der Waals surface area (Å²) in [6.07, 6.45) is 1.88. The summed E-state index contributed by atoms with van der Waals surface area (Å²) in [6, 6.07) is 4.21. The predicted molar refractivity (Wildman–Crippen MR) is 92.4 cm³/mol. The quantitative estimate of drug-likeness (QED) is 0.829. The van der Waals surface area contributed by atoms with Crippen LogP contribution in [0, 0.1) is 6.92 Å². The van der Waals surface area contributed by atoms with Crippen LogP contribution in [0.1, 0.15) is 58.2 Å². The molecule has 3 nitrogen and oxygen atoms in total. The first kappa shape index (κ1) is 16.6. The zero-order valence-corrected chi connectivity index (χ0v) is 15.1. The molecule has 0 fully saturated rings. The third-order valence-corrected chi connectivity index (χ3v) is 4.12. The number of aromatic nitrogens is 2. The van der Waals surface area contributed by atoms with Crippen molar-refractivity contribution in [2.24, 2.45) is 7.05 Å². The summed E-state index contributed by atoms with van der Waals surface area (Å²) in [5.41, 5.74) is 5.10. The van der Waals surface area contributed by atoms with Gasteiger partial charge in [-0.2, -0.15) is 5.10 Å². The zero-order chi connectivity index (χ0) is 16.9. The number of aryl methyl sites for hydroxylation is 2. The molecule has 2 aromatic rings. The van der Waals surface area contributed by atoms with Gasteiger partial charge in [0.15, 0.2) is 0 Å². The van der Waals surface area contributed by atoms with Gasteiger partial charge in [-0.1, -0.05) is 41.5 Å². The number of aromatic hydroxyl groups is 1. The number of hydrogen-bond acceptors (Lipinski definition) is 2. The van der Waals surface area contributed by atoms with Crippen LogP contribution in [0.15, 0.2) is 18.3 Å². The number of nitrogens with zero attached hydrogens (tertiary/aromatic N) is 2. The van der Waals surface area contributed by atoms with E-state index in [9.17, 15) is 5.11 Å². The van der Waals surface area contributed by atoms with Crippen LogP contribution in [0.4, 0.5) is 0 Å². The minimum atomic E-state index is -0.118. The Kier molecular flexibility index (Phi) is 3.88. The molecule has 0 atom stereocenters. The molecule has 0 aliphatic rings. The fourth-order valence-corrected chi connectivity index (χ4v) is 2.88. The molecule has 120 valence electrons. The van der Waals surface area contributed by atoms with E-state index in [0.29, 0.717) is 5.75 Å². The molecule has 1 N–H and O–H groups in total. The molecular formula is C19H28N2O. The Hall–Kier alpha value is -1.77. The van der Waals surface area contributed by atoms with E-state index >= 15 is 0 Å². The van der Waals surface area contributed by atoms with Crippen LogP contribution in [-0.4, -0.2) is 14.9 Å². The molecule has 0 amide bonds. The van der Waals surface area contributed by atoms with Gasteiger partial charge in [0, 0.05) is 23.7 Å². The predicted octanol–water partition coefficient (Wildman–Crippen LogP) is 4.70. The van der Waals surface area contributed by atoms with Crippen LogP contribution >= 0.6 is 0 Å². The van der Waals surface area contributed by atoms with Gasteiger partial charge in [0.25, 0.3) is 0 Å². The normalized spacial score (nSPS) is 12.7. The number of hydrogen-bond donors (Lipinski definition) is 1. The lowest BCUT2D eigenvalue weighted by Gasteiger charge is -2.28. The van der Waals surface area contributed by atoms with Crippen molar-refractivity contribution in [1.82, 2.24) is 9.78 Å². The summed E-state index contributed by atoms with van der Waals surface area (Å²) >= 11 is 0. The van der Waals surface area contributed by atoms with E-state index in [1.54, 1.807) is 0 Å². The molecular weight excluding hydrogens is 272 g/mol. The highest BCUT2D eigenvalue weighted by molar-refractivity contribution is 5.68. The molecule has 0 saturated carbocycles. The van der Waals surface area contributed by atoms with Crippen molar-refractivity contribution in [3.05, 3.63) is 35.0 Å². The summed E-state index contributed by atoms with van der Waals surface area (Å²) in [5.74, 6) is 0.420. The number of benzene rings is 1. The summed E-state index contributed by atoms with van der Waals surface area (Å²) in [4.78, 5) is 0. The van der Waals surface area contributed by atoms with Gasteiger partial charge < -0.3 is 5.11 Å². The SMILES string of the molecule is Cc1cnn(C)c1-c1cc(C(C)(C)C)c(O)c(C(C)(C)C)c1. The molecule has 0 radical (unpaired) electrons. The molecule has 0 aliphatic heterocycles. The molecule has 1 aromatic heterocycles. The maximum atomic E-state index is 10.8. The van der Waals surface area contributed by atoms with Crippen molar-refractivity contribution in [2.75, 3.05) is 0 Å². The Morgan fingerprint density at radius 2 is 1.41 bits per heavy atom. The Morgan fingerprint density at radius 3 is 1.73 bits per heavy atom. The molecule has 0 saturated heterocycles. The van der Waals surface area contributed by atoms with E-state index in [4.69, 9.17) is 0 Å². The third-order valence-electron chi connectivity index (χ3n) is 4.12. The van der Waals surface area contributed by atoms with Gasteiger partial charge >= 0.3 is 0 Å². The Labute approximate surface area is 134 Å². The topological polar surface area (TPSA) is 38.0 Å². The molecule has 0 aliphatic carbocycles. The highest BCUT2D eigenvalue weighted by Gasteiger charge is 2.27. The summed E-state index contributed by atoms with van der Waals surface area (Å²) in [6.45, 7) is 14.9. The summed E-state index contributed by atoms with van der Waals surface area (Å²) in [7, 11) is 1.96. The number of phenolic OH excluding ortho intramolecular Hbond substituents is 1. The van der Waals surface area contributed by atoms with Crippen molar-refractivity contribution in [2.45, 2.75) is 59.3 Å². The monoisotopic (exact) mass is 300 g/mol. The molecule has 0 unspecified atom stereocenters. The second-order valence-corrected chi connectivity index (χ2v) is 8.22. The van der Waals surface area contributed by atoms with Crippen LogP contribution < -0.4 is 0 Å². The minimum absolute atomic E-state index is 0.118. The van der Waals surface area contributed by atoms with Crippen molar-refractivity contribution >= 4 is 0 Å². The van der Waals surface area contributed by atoms with Crippen molar-refractivity contribution in [3.8, 4) is 17.0 Å². The van der Waals surface area contributed by atoms with E-state index in [0.717, 1.165) is 27.9 Å². The van der Waals surface area contributed by atoms with Crippen molar-refractivity contribution < 1.29 is 5.11 Å². The first-order chi connectivity index (χ1) is 9.93. The second kappa shape index (κ2) is 5.15. The van der Waals surface area contributed by atoms with Gasteiger partial charge in [-0.3, -0.25) is 4.68 Å². The first-order valence-electron chi connectivity index (χ1n) is 7.80. The maximum Gasteiger partial charge on any atom is 0.123 e. The summed E-state index contributed by atoms with van der Waals surface area (Å²) in [5, 5.41) is 15.2. The lowest BCUT2D eigenvalue weighted by atomic mass is 9.78. The van der Waals surface area contributed by atoms with E-state index in [1.807, 2.05) is 17.9 Å². The van der Waals surface area contributed by atoms with E-state index in [1.165, 1.54) is 0 Å². The maximum absolute atomic E-state index is 10.8. The standard InChI is InChI=1S/C19H28N2O/c1-12-11-20-21(8)16(12)13-9-14(18(2,3)4)17(22)15(10-13)19(5,6)7/h9-11,22H,1-8H3. The largest absolute Gasteiger partial charge is 0.507 e. The Morgan fingerprint density at radius 1 is 0.955 bits per heavy atom. The average molecular weight is 300 g/mol. The van der Waals surface area contributed by atoms with Gasteiger partial charge in [-0.05, 0) is 35.4 Å². The molecule has 0 bridgehead atoms. The van der Waals surface area contributed by atoms with Crippen molar-refractivity contribution in [1.29, 1.82) is 0 Å². The van der Waals surface area contributed by atoms with E-state index in [-0.39, 0.29) is 10.8 Å². The smallest absolute Gasteiger partial charge is 0.123 e. The fourth-order valence-electron chi connectivity index (χ4n) is 2.88. The minimum Gasteiger partial charge on any atom is -0.507 e. The van der Waals surface area contributed by atoms with Gasteiger partial charge in [-0.25, -0.2) is 0 Å². The Bertz CT molecular complexity index is 643. The highest BCUT2D eigenvalue weighted by atomic mass is 16.3. The molecule has 3 heteroatoms. The van der Waals surface area contributed by atoms with Crippen LogP contribution in [-0.2, 0) is 17.9 Å².